The number of nitrogens with one attached hydrogen (secondary N) is 2. The number of hydrogen-bond donors (Lipinski definition) is 2. The monoisotopic (exact) mass is 388 g/mol. The quantitative estimate of drug-likeness (QED) is 0.799. The molecule has 3 rings (SSSR count). The Morgan fingerprint density at radius 3 is 2.46 bits per heavy atom. The molecule has 2 heterocycles. The topological polar surface area (TPSA) is 49.9 Å². The number of anilines is 1. The summed E-state index contributed by atoms with van der Waals surface area (Å²) >= 11 is 0. The molecular formula is C22H31FN3O2+. The van der Waals surface area contributed by atoms with E-state index >= 15 is 0 Å². The maximum absolute atomic E-state index is 13.2. The van der Waals surface area contributed by atoms with Crippen LogP contribution in [0.4, 0.5) is 10.1 Å². The largest absolute Gasteiger partial charge is 0.463 e. The Hall–Kier alpha value is -2.34. The lowest BCUT2D eigenvalue weighted by atomic mass is 9.92. The number of benzene rings is 1. The average Bonchev–Trinajstić information content (AvgIpc) is 3.16. The first-order valence-electron chi connectivity index (χ1n) is 9.97. The first kappa shape index (κ1) is 20.4. The number of rotatable bonds is 6. The third kappa shape index (κ3) is 5.58. The Balaban J connectivity index is 1.60. The summed E-state index contributed by atoms with van der Waals surface area (Å²) in [6.45, 7) is 10.4. The Morgan fingerprint density at radius 2 is 1.89 bits per heavy atom. The van der Waals surface area contributed by atoms with E-state index in [-0.39, 0.29) is 23.2 Å². The lowest BCUT2D eigenvalue weighted by Crippen LogP contribution is -3.15. The summed E-state index contributed by atoms with van der Waals surface area (Å²) in [6.07, 6.45) is 2.19. The van der Waals surface area contributed by atoms with Gasteiger partial charge in [-0.25, -0.2) is 4.39 Å². The highest BCUT2D eigenvalue weighted by atomic mass is 19.1. The van der Waals surface area contributed by atoms with Crippen LogP contribution in [0.3, 0.4) is 0 Å². The van der Waals surface area contributed by atoms with Crippen LogP contribution in [0, 0.1) is 11.2 Å². The van der Waals surface area contributed by atoms with E-state index in [0.29, 0.717) is 13.0 Å². The Labute approximate surface area is 166 Å². The van der Waals surface area contributed by atoms with Gasteiger partial charge in [-0.3, -0.25) is 4.79 Å². The van der Waals surface area contributed by atoms with Crippen molar-refractivity contribution in [1.82, 2.24) is 5.32 Å². The number of carbonyl (C=O) groups is 1. The van der Waals surface area contributed by atoms with E-state index in [0.717, 1.165) is 37.6 Å². The fourth-order valence-corrected chi connectivity index (χ4v) is 3.75. The highest BCUT2D eigenvalue weighted by Crippen LogP contribution is 2.19. The van der Waals surface area contributed by atoms with Crippen LogP contribution in [0.15, 0.2) is 47.1 Å². The van der Waals surface area contributed by atoms with E-state index in [4.69, 9.17) is 4.42 Å². The van der Waals surface area contributed by atoms with Gasteiger partial charge < -0.3 is 19.5 Å². The smallest absolute Gasteiger partial charge is 0.220 e. The van der Waals surface area contributed by atoms with Crippen molar-refractivity contribution >= 4 is 11.6 Å². The summed E-state index contributed by atoms with van der Waals surface area (Å²) in [5.74, 6) is 0.770. The molecule has 0 unspecified atom stereocenters. The molecule has 0 aliphatic carbocycles. The van der Waals surface area contributed by atoms with Gasteiger partial charge in [0.2, 0.25) is 5.91 Å². The Kier molecular flexibility index (Phi) is 6.39. The van der Waals surface area contributed by atoms with Crippen molar-refractivity contribution in [2.24, 2.45) is 5.41 Å². The van der Waals surface area contributed by atoms with Gasteiger partial charge in [0.05, 0.1) is 39.0 Å². The van der Waals surface area contributed by atoms with Gasteiger partial charge in [-0.1, -0.05) is 20.8 Å². The zero-order valence-corrected chi connectivity index (χ0v) is 17.0. The molecule has 1 aliphatic rings. The van der Waals surface area contributed by atoms with E-state index in [1.165, 1.54) is 17.0 Å². The number of piperazine rings is 1. The van der Waals surface area contributed by atoms with Gasteiger partial charge in [0.1, 0.15) is 5.82 Å². The van der Waals surface area contributed by atoms with Crippen molar-refractivity contribution in [1.29, 1.82) is 0 Å². The summed E-state index contributed by atoms with van der Waals surface area (Å²) in [7, 11) is 0. The maximum atomic E-state index is 13.2. The van der Waals surface area contributed by atoms with Crippen LogP contribution in [0.5, 0.6) is 0 Å². The minimum absolute atomic E-state index is 0.0299. The Morgan fingerprint density at radius 1 is 1.21 bits per heavy atom. The second-order valence-corrected chi connectivity index (χ2v) is 8.73. The number of nitrogens with zero attached hydrogens (tertiary/aromatic N) is 1. The Bertz CT molecular complexity index is 745. The molecule has 1 aromatic heterocycles. The van der Waals surface area contributed by atoms with Gasteiger partial charge >= 0.3 is 0 Å². The molecule has 2 aromatic rings. The number of halogens is 1. The second-order valence-electron chi connectivity index (χ2n) is 8.73. The highest BCUT2D eigenvalue weighted by Gasteiger charge is 2.31. The molecule has 0 saturated carbocycles. The number of carbonyl (C=O) groups excluding carboxylic acids is 1. The van der Waals surface area contributed by atoms with Crippen LogP contribution in [-0.4, -0.2) is 38.6 Å². The van der Waals surface area contributed by atoms with Gasteiger partial charge in [-0.2, -0.15) is 0 Å². The summed E-state index contributed by atoms with van der Waals surface area (Å²) in [5.41, 5.74) is 1.02. The number of quaternary nitrogens is 1. The number of furan rings is 1. The molecule has 0 spiro atoms. The molecule has 5 nitrogen and oxygen atoms in total. The third-order valence-electron chi connectivity index (χ3n) is 5.17. The molecule has 28 heavy (non-hydrogen) atoms. The molecule has 152 valence electrons. The van der Waals surface area contributed by atoms with Gasteiger partial charge in [0, 0.05) is 12.1 Å². The van der Waals surface area contributed by atoms with Crippen LogP contribution in [0.1, 0.15) is 39.0 Å². The van der Waals surface area contributed by atoms with Crippen molar-refractivity contribution in [2.45, 2.75) is 33.2 Å². The predicted octanol–water partition coefficient (Wildman–Crippen LogP) is 2.42. The molecule has 1 fully saturated rings. The highest BCUT2D eigenvalue weighted by molar-refractivity contribution is 5.76. The van der Waals surface area contributed by atoms with Crippen LogP contribution in [-0.2, 0) is 4.79 Å². The van der Waals surface area contributed by atoms with E-state index in [1.807, 2.05) is 24.3 Å². The fourth-order valence-electron chi connectivity index (χ4n) is 3.75. The minimum atomic E-state index is -0.211. The van der Waals surface area contributed by atoms with Crippen molar-refractivity contribution in [2.75, 3.05) is 37.6 Å². The first-order chi connectivity index (χ1) is 13.3. The van der Waals surface area contributed by atoms with Gasteiger partial charge in [-0.15, -0.1) is 0 Å². The molecule has 1 atom stereocenters. The zero-order chi connectivity index (χ0) is 20.1. The van der Waals surface area contributed by atoms with Crippen LogP contribution >= 0.6 is 0 Å². The predicted molar refractivity (Wildman–Crippen MR) is 108 cm³/mol. The lowest BCUT2D eigenvalue weighted by molar-refractivity contribution is -0.932. The molecule has 6 heteroatoms. The van der Waals surface area contributed by atoms with Crippen LogP contribution < -0.4 is 15.1 Å². The molecule has 1 aromatic carbocycles. The molecule has 1 saturated heterocycles. The van der Waals surface area contributed by atoms with Gasteiger partial charge in [0.25, 0.3) is 0 Å². The van der Waals surface area contributed by atoms with Crippen molar-refractivity contribution < 1.29 is 18.5 Å². The zero-order valence-electron chi connectivity index (χ0n) is 17.0. The number of hydrogen-bond acceptors (Lipinski definition) is 3. The molecular weight excluding hydrogens is 357 g/mol. The first-order valence-corrected chi connectivity index (χ1v) is 9.97. The average molecular weight is 389 g/mol. The molecule has 2 N–H and O–H groups in total. The van der Waals surface area contributed by atoms with E-state index in [1.54, 1.807) is 6.26 Å². The molecule has 0 radical (unpaired) electrons. The number of amides is 1. The van der Waals surface area contributed by atoms with Crippen LogP contribution in [0.2, 0.25) is 0 Å². The second kappa shape index (κ2) is 8.78. The van der Waals surface area contributed by atoms with Crippen molar-refractivity contribution in [3.63, 3.8) is 0 Å². The molecule has 1 amide bonds. The fraction of sp³-hybridized carbons (Fsp3) is 0.500. The molecule has 0 bridgehead atoms. The summed E-state index contributed by atoms with van der Waals surface area (Å²) in [4.78, 5) is 16.0. The standard InChI is InChI=1S/C22H30FN3O2/c1-22(2,3)15-21(27)24-16-19(20-5-4-14-28-20)26-12-10-25(11-13-26)18-8-6-17(23)7-9-18/h4-9,14,19H,10-13,15-16H2,1-3H3,(H,24,27)/p+1/t19-/m1/s1. The lowest BCUT2D eigenvalue weighted by Gasteiger charge is -2.37. The van der Waals surface area contributed by atoms with E-state index in [9.17, 15) is 9.18 Å². The van der Waals surface area contributed by atoms with E-state index < -0.39 is 0 Å². The van der Waals surface area contributed by atoms with Gasteiger partial charge in [0.15, 0.2) is 11.8 Å². The third-order valence-corrected chi connectivity index (χ3v) is 5.17. The SMILES string of the molecule is CC(C)(C)CC(=O)NC[C@H](c1ccco1)[NH+]1CCN(c2ccc(F)cc2)CC1. The van der Waals surface area contributed by atoms with E-state index in [2.05, 4.69) is 31.0 Å². The summed E-state index contributed by atoms with van der Waals surface area (Å²) < 4.78 is 18.8. The summed E-state index contributed by atoms with van der Waals surface area (Å²) in [5, 5.41) is 3.10. The normalized spacial score (nSPS) is 16.8. The van der Waals surface area contributed by atoms with Crippen molar-refractivity contribution in [3.8, 4) is 0 Å². The van der Waals surface area contributed by atoms with Gasteiger partial charge in [-0.05, 0) is 41.8 Å². The summed E-state index contributed by atoms with van der Waals surface area (Å²) in [6, 6.07) is 10.6. The van der Waals surface area contributed by atoms with Crippen molar-refractivity contribution in [3.05, 3.63) is 54.2 Å². The van der Waals surface area contributed by atoms with Crippen LogP contribution in [0.25, 0.3) is 0 Å². The molecule has 1 aliphatic heterocycles. The maximum Gasteiger partial charge on any atom is 0.220 e. The minimum Gasteiger partial charge on any atom is -0.463 e.